The monoisotopic (exact) mass is 316 g/mol. The van der Waals surface area contributed by atoms with Crippen molar-refractivity contribution >= 4 is 0 Å². The van der Waals surface area contributed by atoms with Gasteiger partial charge in [-0.2, -0.15) is 5.26 Å². The second-order valence-electron chi connectivity index (χ2n) is 5.18. The van der Waals surface area contributed by atoms with Crippen LogP contribution in [-0.2, 0) is 6.61 Å². The third-order valence-corrected chi connectivity index (χ3v) is 3.62. The maximum atomic E-state index is 9.31. The molecule has 0 aliphatic carbocycles. The number of nitrogens with zero attached hydrogens (tertiary/aromatic N) is 2. The quantitative estimate of drug-likeness (QED) is 0.707. The van der Waals surface area contributed by atoms with Crippen molar-refractivity contribution in [2.45, 2.75) is 6.61 Å². The van der Waals surface area contributed by atoms with Crippen LogP contribution in [0.25, 0.3) is 11.1 Å². The van der Waals surface area contributed by atoms with Gasteiger partial charge in [-0.05, 0) is 29.8 Å². The van der Waals surface area contributed by atoms with Gasteiger partial charge in [-0.15, -0.1) is 0 Å². The zero-order chi connectivity index (χ0) is 16.8. The summed E-state index contributed by atoms with van der Waals surface area (Å²) in [6, 6.07) is 21.2. The second-order valence-corrected chi connectivity index (χ2v) is 5.18. The standard InChI is InChI=1S/C20H16N2O2/c1-23-18-8-9-19(17(11-18)12-21)16-7-10-20(22-13-16)24-14-15-5-3-2-4-6-15/h2-11,13H,14H2,1H3. The van der Waals surface area contributed by atoms with Gasteiger partial charge >= 0.3 is 0 Å². The van der Waals surface area contributed by atoms with Crippen molar-refractivity contribution in [3.05, 3.63) is 78.0 Å². The van der Waals surface area contributed by atoms with E-state index >= 15 is 0 Å². The Kier molecular flexibility index (Phi) is 4.73. The highest BCUT2D eigenvalue weighted by molar-refractivity contribution is 5.71. The van der Waals surface area contributed by atoms with E-state index in [1.165, 1.54) is 0 Å². The number of hydrogen-bond acceptors (Lipinski definition) is 4. The molecule has 1 heterocycles. The van der Waals surface area contributed by atoms with E-state index in [1.54, 1.807) is 19.4 Å². The Morgan fingerprint density at radius 2 is 1.88 bits per heavy atom. The molecule has 24 heavy (non-hydrogen) atoms. The van der Waals surface area contributed by atoms with Crippen LogP contribution in [0.4, 0.5) is 0 Å². The molecule has 2 aromatic carbocycles. The Morgan fingerprint density at radius 3 is 2.54 bits per heavy atom. The molecule has 118 valence electrons. The summed E-state index contributed by atoms with van der Waals surface area (Å²) in [6.45, 7) is 0.471. The van der Waals surface area contributed by atoms with E-state index in [0.717, 1.165) is 16.7 Å². The molecule has 0 saturated carbocycles. The summed E-state index contributed by atoms with van der Waals surface area (Å²) in [5.74, 6) is 1.21. The lowest BCUT2D eigenvalue weighted by molar-refractivity contribution is 0.294. The van der Waals surface area contributed by atoms with E-state index < -0.39 is 0 Å². The molecule has 0 bridgehead atoms. The highest BCUT2D eigenvalue weighted by Gasteiger charge is 2.07. The first-order chi connectivity index (χ1) is 11.8. The molecule has 0 radical (unpaired) electrons. The maximum Gasteiger partial charge on any atom is 0.213 e. The Morgan fingerprint density at radius 1 is 1.04 bits per heavy atom. The number of benzene rings is 2. The predicted octanol–water partition coefficient (Wildman–Crippen LogP) is 4.21. The van der Waals surface area contributed by atoms with Crippen molar-refractivity contribution in [2.75, 3.05) is 7.11 Å². The van der Waals surface area contributed by atoms with Gasteiger partial charge in [0.2, 0.25) is 5.88 Å². The van der Waals surface area contributed by atoms with E-state index in [-0.39, 0.29) is 0 Å². The third-order valence-electron chi connectivity index (χ3n) is 3.62. The van der Waals surface area contributed by atoms with Gasteiger partial charge in [0.05, 0.1) is 18.7 Å². The Balaban J connectivity index is 1.76. The van der Waals surface area contributed by atoms with Crippen LogP contribution in [-0.4, -0.2) is 12.1 Å². The molecule has 0 atom stereocenters. The van der Waals surface area contributed by atoms with Gasteiger partial charge in [-0.1, -0.05) is 30.3 Å². The highest BCUT2D eigenvalue weighted by Crippen LogP contribution is 2.27. The summed E-state index contributed by atoms with van der Waals surface area (Å²) < 4.78 is 10.8. The molecule has 0 aliphatic rings. The first-order valence-electron chi connectivity index (χ1n) is 7.51. The second kappa shape index (κ2) is 7.30. The fraction of sp³-hybridized carbons (Fsp3) is 0.100. The van der Waals surface area contributed by atoms with Gasteiger partial charge in [-0.25, -0.2) is 4.98 Å². The van der Waals surface area contributed by atoms with Crippen molar-refractivity contribution in [1.29, 1.82) is 5.26 Å². The summed E-state index contributed by atoms with van der Waals surface area (Å²) in [7, 11) is 1.58. The van der Waals surface area contributed by atoms with Crippen LogP contribution < -0.4 is 9.47 Å². The summed E-state index contributed by atoms with van der Waals surface area (Å²) in [5, 5.41) is 9.31. The van der Waals surface area contributed by atoms with Gasteiger partial charge in [0, 0.05) is 23.4 Å². The molecule has 0 aliphatic heterocycles. The smallest absolute Gasteiger partial charge is 0.213 e. The molecule has 1 aromatic heterocycles. The molecule has 4 nitrogen and oxygen atoms in total. The highest BCUT2D eigenvalue weighted by atomic mass is 16.5. The number of ether oxygens (including phenoxy) is 2. The molecule has 0 spiro atoms. The zero-order valence-electron chi connectivity index (χ0n) is 13.3. The first kappa shape index (κ1) is 15.6. The van der Waals surface area contributed by atoms with Crippen LogP contribution in [0.3, 0.4) is 0 Å². The van der Waals surface area contributed by atoms with Crippen LogP contribution >= 0.6 is 0 Å². The van der Waals surface area contributed by atoms with E-state index in [9.17, 15) is 5.26 Å². The molecule has 3 aromatic rings. The number of pyridine rings is 1. The Hall–Kier alpha value is -3.32. The van der Waals surface area contributed by atoms with E-state index in [4.69, 9.17) is 9.47 Å². The zero-order valence-corrected chi connectivity index (χ0v) is 13.3. The lowest BCUT2D eigenvalue weighted by Crippen LogP contribution is -1.97. The molecule has 0 saturated heterocycles. The van der Waals surface area contributed by atoms with Gasteiger partial charge in [-0.3, -0.25) is 0 Å². The van der Waals surface area contributed by atoms with Crippen molar-refractivity contribution < 1.29 is 9.47 Å². The maximum absolute atomic E-state index is 9.31. The molecule has 0 N–H and O–H groups in total. The third kappa shape index (κ3) is 3.53. The average Bonchev–Trinajstić information content (AvgIpc) is 2.67. The first-order valence-corrected chi connectivity index (χ1v) is 7.51. The predicted molar refractivity (Wildman–Crippen MR) is 91.7 cm³/mol. The van der Waals surface area contributed by atoms with Crippen LogP contribution in [0.15, 0.2) is 66.9 Å². The minimum atomic E-state index is 0.471. The van der Waals surface area contributed by atoms with Crippen molar-refractivity contribution in [2.24, 2.45) is 0 Å². The Bertz CT molecular complexity index is 853. The molecule has 3 rings (SSSR count). The SMILES string of the molecule is COc1ccc(-c2ccc(OCc3ccccc3)nc2)c(C#N)c1. The summed E-state index contributed by atoms with van der Waals surface area (Å²) in [6.07, 6.45) is 1.71. The van der Waals surface area contributed by atoms with Gasteiger partial charge in [0.15, 0.2) is 0 Å². The minimum Gasteiger partial charge on any atom is -0.497 e. The summed E-state index contributed by atoms with van der Waals surface area (Å²) in [5.41, 5.74) is 3.32. The molecule has 0 unspecified atom stereocenters. The van der Waals surface area contributed by atoms with Crippen LogP contribution in [0.2, 0.25) is 0 Å². The topological polar surface area (TPSA) is 55.1 Å². The molecular weight excluding hydrogens is 300 g/mol. The number of aromatic nitrogens is 1. The fourth-order valence-corrected chi connectivity index (χ4v) is 2.35. The molecule has 0 fully saturated rings. The molecule has 4 heteroatoms. The van der Waals surface area contributed by atoms with Crippen LogP contribution in [0, 0.1) is 11.3 Å². The van der Waals surface area contributed by atoms with Gasteiger partial charge in [0.1, 0.15) is 12.4 Å². The molecular formula is C20H16N2O2. The minimum absolute atomic E-state index is 0.471. The van der Waals surface area contributed by atoms with E-state index in [2.05, 4.69) is 11.1 Å². The van der Waals surface area contributed by atoms with Crippen molar-refractivity contribution in [3.63, 3.8) is 0 Å². The normalized spacial score (nSPS) is 10.0. The number of hydrogen-bond donors (Lipinski definition) is 0. The van der Waals surface area contributed by atoms with E-state index in [0.29, 0.717) is 23.8 Å². The van der Waals surface area contributed by atoms with Crippen molar-refractivity contribution in [1.82, 2.24) is 4.98 Å². The summed E-state index contributed by atoms with van der Waals surface area (Å²) in [4.78, 5) is 4.33. The van der Waals surface area contributed by atoms with Crippen LogP contribution in [0.5, 0.6) is 11.6 Å². The van der Waals surface area contributed by atoms with Gasteiger partial charge < -0.3 is 9.47 Å². The number of nitriles is 1. The molecule has 0 amide bonds. The largest absolute Gasteiger partial charge is 0.497 e. The van der Waals surface area contributed by atoms with E-state index in [1.807, 2.05) is 54.6 Å². The lowest BCUT2D eigenvalue weighted by atomic mass is 10.0. The Labute approximate surface area is 140 Å². The number of methoxy groups -OCH3 is 1. The average molecular weight is 316 g/mol. The van der Waals surface area contributed by atoms with Crippen LogP contribution in [0.1, 0.15) is 11.1 Å². The van der Waals surface area contributed by atoms with Crippen molar-refractivity contribution in [3.8, 4) is 28.8 Å². The fourth-order valence-electron chi connectivity index (χ4n) is 2.35. The van der Waals surface area contributed by atoms with Gasteiger partial charge in [0.25, 0.3) is 0 Å². The lowest BCUT2D eigenvalue weighted by Gasteiger charge is -2.08. The summed E-state index contributed by atoms with van der Waals surface area (Å²) >= 11 is 0. The number of rotatable bonds is 5.